The summed E-state index contributed by atoms with van der Waals surface area (Å²) in [5.74, 6) is 0. The summed E-state index contributed by atoms with van der Waals surface area (Å²) in [4.78, 5) is 0. The van der Waals surface area contributed by atoms with E-state index in [1.54, 1.807) is 12.0 Å². The minimum Gasteiger partial charge on any atom is -1.00 e. The van der Waals surface area contributed by atoms with Gasteiger partial charge in [-0.25, -0.2) is 0 Å². The third-order valence-electron chi connectivity index (χ3n) is 10.5. The molecule has 50 heavy (non-hydrogen) atoms. The summed E-state index contributed by atoms with van der Waals surface area (Å²) in [6.45, 7) is 14.3. The van der Waals surface area contributed by atoms with Crippen molar-refractivity contribution in [2.24, 2.45) is 0 Å². The molecule has 0 atom stereocenters. The van der Waals surface area contributed by atoms with Gasteiger partial charge in [0.2, 0.25) is 0 Å². The molecule has 2 aliphatic carbocycles. The Balaban J connectivity index is 0.00000216. The van der Waals surface area contributed by atoms with Crippen molar-refractivity contribution in [3.05, 3.63) is 173 Å². The first-order chi connectivity index (χ1) is 23.1. The van der Waals surface area contributed by atoms with Gasteiger partial charge in [-0.05, 0) is 0 Å². The smallest absolute Gasteiger partial charge is 1.00 e. The van der Waals surface area contributed by atoms with Crippen LogP contribution in [-0.2, 0) is 38.5 Å². The maximum absolute atomic E-state index is 2.94. The molecule has 3 heteroatoms. The summed E-state index contributed by atoms with van der Waals surface area (Å²) in [5.41, 5.74) is 11.9. The number of halogens is 2. The molecular weight excluding hydrogens is 727 g/mol. The van der Waals surface area contributed by atoms with E-state index in [1.165, 1.54) is 60.5 Å². The molecule has 0 fully saturated rings. The fourth-order valence-electron chi connectivity index (χ4n) is 8.08. The van der Waals surface area contributed by atoms with E-state index < -0.39 is 21.3 Å². The quantitative estimate of drug-likeness (QED) is 0.219. The third-order valence-corrected chi connectivity index (χ3v) is 18.4. The van der Waals surface area contributed by atoms with Gasteiger partial charge >= 0.3 is 296 Å². The van der Waals surface area contributed by atoms with E-state index in [2.05, 4.69) is 181 Å². The molecule has 8 rings (SSSR count). The molecular formula is C47H44Cl2Zr. The van der Waals surface area contributed by atoms with Crippen LogP contribution in [0.25, 0.3) is 32.7 Å². The van der Waals surface area contributed by atoms with Crippen molar-refractivity contribution in [1.29, 1.82) is 0 Å². The standard InChI is InChI=1S/C21H14.C21H25.C5H5.2ClH.Zr/c1-3-13-20-16(7-1)9-5-11-18(20)15-19-12-6-10-17-8-2-4-14-21(17)19;1-20(2,3)16-7-9-18-14(12-16)11-15-13-17(21(4,5)6)8-10-19(15)18;1-2-4-5-3-1;;;/h1-14H;7-10,12H,11H2,1-6H3;1-5H;2*1H;/q;;;;;+2/p-2. The first-order valence-corrected chi connectivity index (χ1v) is 21.3. The van der Waals surface area contributed by atoms with Gasteiger partial charge in [-0.15, -0.1) is 0 Å². The third kappa shape index (κ3) is 6.36. The van der Waals surface area contributed by atoms with Crippen LogP contribution >= 0.6 is 0 Å². The average molecular weight is 771 g/mol. The first kappa shape index (κ1) is 36.4. The van der Waals surface area contributed by atoms with Gasteiger partial charge in [0, 0.05) is 0 Å². The van der Waals surface area contributed by atoms with Gasteiger partial charge in [0.25, 0.3) is 0 Å². The summed E-state index contributed by atoms with van der Waals surface area (Å²) in [6.07, 6.45) is 10.7. The average Bonchev–Trinajstić information content (AvgIpc) is 3.74. The van der Waals surface area contributed by atoms with E-state index in [0.717, 1.165) is 6.42 Å². The summed E-state index contributed by atoms with van der Waals surface area (Å²) < 4.78 is 3.73. The normalized spacial score (nSPS) is 13.4. The number of rotatable bonds is 4. The van der Waals surface area contributed by atoms with Crippen molar-refractivity contribution in [2.75, 3.05) is 0 Å². The molecule has 0 heterocycles. The van der Waals surface area contributed by atoms with E-state index in [4.69, 9.17) is 0 Å². The fraction of sp³-hybridized carbons (Fsp3) is 0.213. The molecule has 250 valence electrons. The second kappa shape index (κ2) is 14.0. The Bertz CT molecular complexity index is 2240. The fourth-order valence-corrected chi connectivity index (χ4v) is 17.5. The Labute approximate surface area is 318 Å². The molecule has 0 amide bonds. The molecule has 0 radical (unpaired) electrons. The van der Waals surface area contributed by atoms with Crippen LogP contribution in [0, 0.1) is 0 Å². The van der Waals surface area contributed by atoms with Crippen molar-refractivity contribution in [3.8, 4) is 11.1 Å². The van der Waals surface area contributed by atoms with Gasteiger partial charge in [0.05, 0.1) is 0 Å². The Kier molecular flexibility index (Phi) is 10.2. The monoisotopic (exact) mass is 768 g/mol. The predicted molar refractivity (Wildman–Crippen MR) is 205 cm³/mol. The molecule has 0 unspecified atom stereocenters. The maximum atomic E-state index is 2.52. The Hall–Kier alpha value is -3.35. The molecule has 0 aliphatic heterocycles. The van der Waals surface area contributed by atoms with E-state index in [9.17, 15) is 0 Å². The van der Waals surface area contributed by atoms with Crippen LogP contribution in [-0.4, -0.2) is 3.21 Å². The molecule has 6 aromatic rings. The van der Waals surface area contributed by atoms with Crippen LogP contribution in [0.4, 0.5) is 0 Å². The molecule has 0 nitrogen and oxygen atoms in total. The molecule has 0 bridgehead atoms. The summed E-state index contributed by atoms with van der Waals surface area (Å²) >= 11 is -2.94. The number of hydrogen-bond acceptors (Lipinski definition) is 0. The van der Waals surface area contributed by atoms with Crippen molar-refractivity contribution >= 4 is 28.0 Å². The van der Waals surface area contributed by atoms with Crippen LogP contribution in [0.2, 0.25) is 3.63 Å². The zero-order valence-corrected chi connectivity index (χ0v) is 33.8. The molecule has 0 spiro atoms. The van der Waals surface area contributed by atoms with Crippen molar-refractivity contribution in [2.45, 2.75) is 62.4 Å². The number of fused-ring (bicyclic) bond motifs is 5. The second-order valence-electron chi connectivity index (χ2n) is 15.7. The van der Waals surface area contributed by atoms with Crippen LogP contribution in [0.3, 0.4) is 0 Å². The van der Waals surface area contributed by atoms with Crippen LogP contribution in [0.5, 0.6) is 0 Å². The predicted octanol–water partition coefficient (Wildman–Crippen LogP) is 5.59. The van der Waals surface area contributed by atoms with Crippen LogP contribution in [0.15, 0.2) is 140 Å². The van der Waals surface area contributed by atoms with Gasteiger partial charge < -0.3 is 24.8 Å². The van der Waals surface area contributed by atoms with Crippen molar-refractivity contribution in [3.63, 3.8) is 0 Å². The van der Waals surface area contributed by atoms with E-state index in [1.807, 2.05) is 0 Å². The Morgan fingerprint density at radius 1 is 0.580 bits per heavy atom. The van der Waals surface area contributed by atoms with Crippen molar-refractivity contribution in [1.82, 2.24) is 0 Å². The van der Waals surface area contributed by atoms with Crippen molar-refractivity contribution < 1.29 is 46.1 Å². The number of allylic oxidation sites excluding steroid dienone is 4. The van der Waals surface area contributed by atoms with Gasteiger partial charge in [0.1, 0.15) is 0 Å². The number of hydrogen-bond donors (Lipinski definition) is 0. The molecule has 6 aromatic carbocycles. The topological polar surface area (TPSA) is 0 Å². The first-order valence-electron chi connectivity index (χ1n) is 17.5. The summed E-state index contributed by atoms with van der Waals surface area (Å²) in [6, 6.07) is 44.3. The molecule has 0 aromatic heterocycles. The minimum atomic E-state index is -2.94. The molecule has 0 saturated heterocycles. The van der Waals surface area contributed by atoms with Gasteiger partial charge in [-0.1, -0.05) is 0 Å². The Morgan fingerprint density at radius 2 is 1.12 bits per heavy atom. The largest absolute Gasteiger partial charge is 1.00 e. The molecule has 0 saturated carbocycles. The van der Waals surface area contributed by atoms with E-state index in [0.29, 0.717) is 3.63 Å². The SMILES string of the molecule is CC(C)(C)c1ccc2c(c1)Cc1c-2ccc(C(C)(C)C)[c]1[Zr+2](=[C](c1cccc2ccccc12)c1cccc2ccccc12)[CH]1C=CC=C1.[Cl-].[Cl-]. The summed E-state index contributed by atoms with van der Waals surface area (Å²) in [7, 11) is 0. The Morgan fingerprint density at radius 3 is 1.68 bits per heavy atom. The second-order valence-corrected chi connectivity index (χ2v) is 21.8. The molecule has 0 N–H and O–H groups in total. The molecule has 2 aliphatic rings. The minimum absolute atomic E-state index is 0. The van der Waals surface area contributed by atoms with Crippen LogP contribution < -0.4 is 28.1 Å². The summed E-state index contributed by atoms with van der Waals surface area (Å²) in [5, 5.41) is 5.33. The zero-order valence-electron chi connectivity index (χ0n) is 29.8. The van der Waals surface area contributed by atoms with E-state index >= 15 is 0 Å². The van der Waals surface area contributed by atoms with Gasteiger partial charge in [-0.2, -0.15) is 0 Å². The maximum Gasteiger partial charge on any atom is -1.00 e. The van der Waals surface area contributed by atoms with Crippen LogP contribution in [0.1, 0.15) is 74.9 Å². The van der Waals surface area contributed by atoms with E-state index in [-0.39, 0.29) is 35.6 Å². The van der Waals surface area contributed by atoms with Gasteiger partial charge in [-0.3, -0.25) is 0 Å². The zero-order chi connectivity index (χ0) is 33.2. The number of benzene rings is 6. The van der Waals surface area contributed by atoms with Gasteiger partial charge in [0.15, 0.2) is 0 Å².